The lowest BCUT2D eigenvalue weighted by molar-refractivity contribution is -0.119. The van der Waals surface area contributed by atoms with E-state index in [9.17, 15) is 17.6 Å². The van der Waals surface area contributed by atoms with E-state index in [0.717, 1.165) is 17.7 Å². The first kappa shape index (κ1) is 18.9. The molecule has 0 saturated heterocycles. The molecular formula is C16H17FN6O3S. The number of fused-ring (bicyclic) bond motifs is 1. The average Bonchev–Trinajstić information content (AvgIpc) is 3.12. The molecule has 0 saturated carbocycles. The molecule has 3 rings (SSSR count). The van der Waals surface area contributed by atoms with Crippen molar-refractivity contribution in [3.63, 3.8) is 0 Å². The summed E-state index contributed by atoms with van der Waals surface area (Å²) in [4.78, 5) is 19.4. The van der Waals surface area contributed by atoms with Gasteiger partial charge < -0.3 is 5.32 Å². The highest BCUT2D eigenvalue weighted by molar-refractivity contribution is 7.89. The lowest BCUT2D eigenvalue weighted by Gasteiger charge is -2.08. The molecule has 2 N–H and O–H groups in total. The summed E-state index contributed by atoms with van der Waals surface area (Å²) in [5.41, 5.74) is 0.933. The van der Waals surface area contributed by atoms with Gasteiger partial charge in [-0.1, -0.05) is 12.1 Å². The highest BCUT2D eigenvalue weighted by atomic mass is 32.2. The molecule has 0 fully saturated rings. The van der Waals surface area contributed by atoms with Crippen molar-refractivity contribution in [2.24, 2.45) is 0 Å². The molecule has 1 aromatic carbocycles. The van der Waals surface area contributed by atoms with Gasteiger partial charge in [0.15, 0.2) is 0 Å². The topological polar surface area (TPSA) is 118 Å². The summed E-state index contributed by atoms with van der Waals surface area (Å²) in [5, 5.41) is 6.60. The van der Waals surface area contributed by atoms with Crippen LogP contribution in [0.4, 0.5) is 4.39 Å². The summed E-state index contributed by atoms with van der Waals surface area (Å²) in [6.45, 7) is -0.112. The quantitative estimate of drug-likeness (QED) is 0.532. The second-order valence-corrected chi connectivity index (χ2v) is 7.41. The number of sulfonamides is 1. The summed E-state index contributed by atoms with van der Waals surface area (Å²) >= 11 is 0. The number of carbonyl (C=O) groups is 1. The van der Waals surface area contributed by atoms with Gasteiger partial charge in [-0.15, -0.1) is 0 Å². The molecule has 0 aliphatic carbocycles. The molecule has 2 heterocycles. The Bertz CT molecular complexity index is 1050. The number of carbonyl (C=O) groups excluding carboxylic acids is 1. The first-order chi connectivity index (χ1) is 13.0. The second-order valence-electron chi connectivity index (χ2n) is 5.68. The number of nitrogens with one attached hydrogen (secondary N) is 2. The van der Waals surface area contributed by atoms with Gasteiger partial charge in [0.25, 0.3) is 5.78 Å². The fourth-order valence-electron chi connectivity index (χ4n) is 2.37. The maximum Gasteiger partial charge on any atom is 0.252 e. The Hall–Kier alpha value is -2.92. The van der Waals surface area contributed by atoms with Crippen LogP contribution >= 0.6 is 0 Å². The van der Waals surface area contributed by atoms with E-state index in [0.29, 0.717) is 25.2 Å². The lowest BCUT2D eigenvalue weighted by atomic mass is 10.2. The molecule has 9 nitrogen and oxygen atoms in total. The van der Waals surface area contributed by atoms with E-state index < -0.39 is 33.2 Å². The largest absolute Gasteiger partial charge is 0.355 e. The predicted molar refractivity (Wildman–Crippen MR) is 93.7 cm³/mol. The molecule has 0 aliphatic heterocycles. The summed E-state index contributed by atoms with van der Waals surface area (Å²) < 4.78 is 41.2. The normalized spacial score (nSPS) is 11.6. The molecule has 0 spiro atoms. The number of benzene rings is 1. The molecule has 0 aliphatic rings. The zero-order valence-electron chi connectivity index (χ0n) is 14.2. The fourth-order valence-corrected chi connectivity index (χ4v) is 3.43. The Labute approximate surface area is 154 Å². The van der Waals surface area contributed by atoms with Crippen LogP contribution in [-0.2, 0) is 21.2 Å². The highest BCUT2D eigenvalue weighted by Gasteiger charge is 2.19. The van der Waals surface area contributed by atoms with Crippen molar-refractivity contribution in [1.82, 2.24) is 29.6 Å². The van der Waals surface area contributed by atoms with Crippen LogP contribution in [0.3, 0.4) is 0 Å². The van der Waals surface area contributed by atoms with E-state index in [1.54, 1.807) is 16.9 Å². The van der Waals surface area contributed by atoms with Crippen LogP contribution in [-0.4, -0.2) is 47.0 Å². The molecule has 0 radical (unpaired) electrons. The van der Waals surface area contributed by atoms with Gasteiger partial charge in [-0.25, -0.2) is 27.0 Å². The van der Waals surface area contributed by atoms with E-state index in [4.69, 9.17) is 0 Å². The summed E-state index contributed by atoms with van der Waals surface area (Å²) in [6, 6.07) is 4.97. The van der Waals surface area contributed by atoms with Crippen LogP contribution in [0.2, 0.25) is 0 Å². The van der Waals surface area contributed by atoms with E-state index in [1.165, 1.54) is 18.5 Å². The summed E-state index contributed by atoms with van der Waals surface area (Å²) in [6.07, 6.45) is 6.19. The third kappa shape index (κ3) is 4.83. The third-order valence-corrected chi connectivity index (χ3v) is 5.14. The summed E-state index contributed by atoms with van der Waals surface area (Å²) in [7, 11) is -4.08. The van der Waals surface area contributed by atoms with Gasteiger partial charge in [0, 0.05) is 18.9 Å². The van der Waals surface area contributed by atoms with Gasteiger partial charge in [0.2, 0.25) is 15.9 Å². The molecular weight excluding hydrogens is 375 g/mol. The van der Waals surface area contributed by atoms with Crippen molar-refractivity contribution in [2.45, 2.75) is 17.7 Å². The van der Waals surface area contributed by atoms with Gasteiger partial charge in [-0.05, 0) is 30.5 Å². The number of hydrogen-bond donors (Lipinski definition) is 2. The molecule has 1 amide bonds. The van der Waals surface area contributed by atoms with Crippen molar-refractivity contribution in [2.75, 3.05) is 13.1 Å². The van der Waals surface area contributed by atoms with E-state index in [2.05, 4.69) is 25.1 Å². The maximum atomic E-state index is 13.6. The Balaban J connectivity index is 1.42. The monoisotopic (exact) mass is 392 g/mol. The smallest absolute Gasteiger partial charge is 0.252 e. The maximum absolute atomic E-state index is 13.6. The fraction of sp³-hybridized carbons (Fsp3) is 0.250. The number of amides is 1. The van der Waals surface area contributed by atoms with Crippen LogP contribution in [0.1, 0.15) is 12.0 Å². The zero-order valence-corrected chi connectivity index (χ0v) is 15.0. The molecule has 0 unspecified atom stereocenters. The van der Waals surface area contributed by atoms with E-state index in [1.807, 2.05) is 0 Å². The minimum atomic E-state index is -4.08. The van der Waals surface area contributed by atoms with Crippen LogP contribution in [0.25, 0.3) is 5.78 Å². The van der Waals surface area contributed by atoms with Crippen LogP contribution in [0, 0.1) is 5.82 Å². The molecule has 2 aromatic heterocycles. The highest BCUT2D eigenvalue weighted by Crippen LogP contribution is 2.12. The average molecular weight is 392 g/mol. The van der Waals surface area contributed by atoms with Crippen molar-refractivity contribution in [1.29, 1.82) is 0 Å². The molecule has 142 valence electrons. The molecule has 27 heavy (non-hydrogen) atoms. The minimum absolute atomic E-state index is 0.357. The standard InChI is InChI=1S/C16H17FN6O3S/c17-13-5-1-2-6-14(13)27(25,26)22-9-15(24)18-7-3-4-12-8-19-16-20-11-21-23(16)10-12/h1-2,5-6,8,10-11,22H,3-4,7,9H2,(H,18,24). The van der Waals surface area contributed by atoms with Gasteiger partial charge in [-0.3, -0.25) is 4.79 Å². The van der Waals surface area contributed by atoms with Crippen molar-refractivity contribution < 1.29 is 17.6 Å². The Morgan fingerprint density at radius 2 is 2.04 bits per heavy atom. The predicted octanol–water partition coefficient (Wildman–Crippen LogP) is 0.291. The van der Waals surface area contributed by atoms with Crippen LogP contribution in [0.5, 0.6) is 0 Å². The van der Waals surface area contributed by atoms with Gasteiger partial charge in [-0.2, -0.15) is 10.1 Å². The van der Waals surface area contributed by atoms with E-state index in [-0.39, 0.29) is 0 Å². The molecule has 3 aromatic rings. The number of halogens is 1. The number of nitrogens with zero attached hydrogens (tertiary/aromatic N) is 4. The Morgan fingerprint density at radius 1 is 1.22 bits per heavy atom. The number of rotatable bonds is 8. The van der Waals surface area contributed by atoms with Gasteiger partial charge in [0.1, 0.15) is 17.0 Å². The lowest BCUT2D eigenvalue weighted by Crippen LogP contribution is -2.37. The third-order valence-electron chi connectivity index (χ3n) is 3.70. The number of aromatic nitrogens is 4. The Morgan fingerprint density at radius 3 is 2.85 bits per heavy atom. The molecule has 0 bridgehead atoms. The van der Waals surface area contributed by atoms with Crippen LogP contribution < -0.4 is 10.0 Å². The second kappa shape index (κ2) is 8.18. The Kier molecular flexibility index (Phi) is 5.72. The number of hydrogen-bond acceptors (Lipinski definition) is 6. The number of aryl methyl sites for hydroxylation is 1. The first-order valence-corrected chi connectivity index (χ1v) is 9.59. The first-order valence-electron chi connectivity index (χ1n) is 8.11. The molecule has 11 heteroatoms. The van der Waals surface area contributed by atoms with Crippen molar-refractivity contribution >= 4 is 21.7 Å². The van der Waals surface area contributed by atoms with Gasteiger partial charge in [0.05, 0.1) is 6.54 Å². The molecule has 0 atom stereocenters. The van der Waals surface area contributed by atoms with Gasteiger partial charge >= 0.3 is 0 Å². The minimum Gasteiger partial charge on any atom is -0.355 e. The SMILES string of the molecule is O=C(CNS(=O)(=O)c1ccccc1F)NCCCc1cnc2ncnn2c1. The van der Waals surface area contributed by atoms with Crippen LogP contribution in [0.15, 0.2) is 47.9 Å². The zero-order chi connectivity index (χ0) is 19.3. The van der Waals surface area contributed by atoms with Crippen molar-refractivity contribution in [3.8, 4) is 0 Å². The van der Waals surface area contributed by atoms with E-state index >= 15 is 0 Å². The van der Waals surface area contributed by atoms with Crippen molar-refractivity contribution in [3.05, 3.63) is 54.4 Å². The summed E-state index contributed by atoms with van der Waals surface area (Å²) in [5.74, 6) is -0.864.